The van der Waals surface area contributed by atoms with Gasteiger partial charge in [0.05, 0.1) is 0 Å². The predicted molar refractivity (Wildman–Crippen MR) is 113 cm³/mol. The van der Waals surface area contributed by atoms with Crippen molar-refractivity contribution < 1.29 is 9.59 Å². The lowest BCUT2D eigenvalue weighted by molar-refractivity contribution is 0.0979. The van der Waals surface area contributed by atoms with Gasteiger partial charge in [-0.25, -0.2) is 0 Å². The summed E-state index contributed by atoms with van der Waals surface area (Å²) in [6.07, 6.45) is 0. The third-order valence-corrected chi connectivity index (χ3v) is 6.72. The molecule has 132 valence electrons. The molecule has 0 heterocycles. The predicted octanol–water partition coefficient (Wildman–Crippen LogP) is 6.29. The molecule has 3 aromatic rings. The minimum absolute atomic E-state index is 0.0807. The van der Waals surface area contributed by atoms with Gasteiger partial charge in [0, 0.05) is 36.6 Å². The van der Waals surface area contributed by atoms with Crippen molar-refractivity contribution in [3.8, 4) is 11.1 Å². The van der Waals surface area contributed by atoms with Crippen LogP contribution in [0.15, 0.2) is 57.5 Å². The van der Waals surface area contributed by atoms with Crippen LogP contribution in [0.5, 0.6) is 0 Å². The molecule has 2 nitrogen and oxygen atoms in total. The summed E-state index contributed by atoms with van der Waals surface area (Å²) in [5, 5.41) is 0. The van der Waals surface area contributed by atoms with Crippen molar-refractivity contribution in [2.75, 3.05) is 0 Å². The van der Waals surface area contributed by atoms with Gasteiger partial charge in [0.1, 0.15) is 0 Å². The Bertz CT molecular complexity index is 1210. The molecule has 27 heavy (non-hydrogen) atoms. The summed E-state index contributed by atoms with van der Waals surface area (Å²) < 4.78 is 1.82. The molecule has 3 aromatic carbocycles. The lowest BCUT2D eigenvalue weighted by atomic mass is 9.78. The normalized spacial score (nSPS) is 15.9. The molecule has 5 rings (SSSR count). The fourth-order valence-corrected chi connectivity index (χ4v) is 5.04. The summed E-state index contributed by atoms with van der Waals surface area (Å²) >= 11 is 6.96. The molecular formula is C23H14Br2O2. The molecular weight excluding hydrogens is 468 g/mol. The summed E-state index contributed by atoms with van der Waals surface area (Å²) in [5.74, 6) is -0.171. The molecule has 0 saturated heterocycles. The molecule has 0 unspecified atom stereocenters. The van der Waals surface area contributed by atoms with Gasteiger partial charge < -0.3 is 0 Å². The van der Waals surface area contributed by atoms with Crippen LogP contribution in [0, 0.1) is 0 Å². The first-order valence-electron chi connectivity index (χ1n) is 8.67. The van der Waals surface area contributed by atoms with Crippen LogP contribution in [0.25, 0.3) is 11.1 Å². The van der Waals surface area contributed by atoms with Crippen molar-refractivity contribution in [2.45, 2.75) is 19.3 Å². The summed E-state index contributed by atoms with van der Waals surface area (Å²) in [6.45, 7) is 4.33. The van der Waals surface area contributed by atoms with E-state index in [2.05, 4.69) is 57.8 Å². The first-order valence-corrected chi connectivity index (χ1v) is 10.3. The Hall–Kier alpha value is -2.04. The van der Waals surface area contributed by atoms with E-state index in [1.54, 1.807) is 18.2 Å². The number of ketones is 2. The van der Waals surface area contributed by atoms with Crippen LogP contribution in [0.3, 0.4) is 0 Å². The Balaban J connectivity index is 1.81. The molecule has 0 atom stereocenters. The zero-order chi connectivity index (χ0) is 19.1. The zero-order valence-electron chi connectivity index (χ0n) is 14.7. The number of carbonyl (C=O) groups excluding carboxylic acids is 2. The third kappa shape index (κ3) is 2.23. The maximum absolute atomic E-state index is 13.2. The number of carbonyl (C=O) groups is 2. The Morgan fingerprint density at radius 3 is 1.85 bits per heavy atom. The van der Waals surface area contributed by atoms with Crippen molar-refractivity contribution in [3.63, 3.8) is 0 Å². The third-order valence-electron chi connectivity index (χ3n) is 5.74. The SMILES string of the molecule is CC1(C)c2cc(Br)ccc2-c2cc3c(cc21)C(=O)c1ccc(Br)cc1C3=O. The molecule has 0 aliphatic heterocycles. The molecule has 0 amide bonds. The number of fused-ring (bicyclic) bond motifs is 5. The van der Waals surface area contributed by atoms with Gasteiger partial charge in [-0.2, -0.15) is 0 Å². The van der Waals surface area contributed by atoms with Gasteiger partial charge in [-0.05, 0) is 64.7 Å². The minimum atomic E-state index is -0.229. The number of hydrogen-bond acceptors (Lipinski definition) is 2. The fraction of sp³-hybridized carbons (Fsp3) is 0.130. The van der Waals surface area contributed by atoms with E-state index < -0.39 is 0 Å². The van der Waals surface area contributed by atoms with Crippen LogP contribution in [0.1, 0.15) is 56.8 Å². The van der Waals surface area contributed by atoms with E-state index in [1.165, 1.54) is 5.56 Å². The van der Waals surface area contributed by atoms with Crippen LogP contribution in [-0.4, -0.2) is 11.6 Å². The maximum atomic E-state index is 13.2. The minimum Gasteiger partial charge on any atom is -0.289 e. The molecule has 0 fully saturated rings. The molecule has 4 heteroatoms. The van der Waals surface area contributed by atoms with Crippen LogP contribution < -0.4 is 0 Å². The van der Waals surface area contributed by atoms with Crippen LogP contribution in [0.4, 0.5) is 0 Å². The van der Waals surface area contributed by atoms with Gasteiger partial charge in [0.25, 0.3) is 0 Å². The molecule has 0 saturated carbocycles. The highest BCUT2D eigenvalue weighted by Gasteiger charge is 2.39. The average molecular weight is 482 g/mol. The quantitative estimate of drug-likeness (QED) is 0.295. The Labute approximate surface area is 173 Å². The van der Waals surface area contributed by atoms with Gasteiger partial charge in [0.2, 0.25) is 0 Å². The molecule has 0 bridgehead atoms. The Kier molecular flexibility index (Phi) is 3.47. The van der Waals surface area contributed by atoms with Gasteiger partial charge in [-0.15, -0.1) is 0 Å². The molecule has 0 aromatic heterocycles. The molecule has 0 N–H and O–H groups in total. The molecule has 0 radical (unpaired) electrons. The van der Waals surface area contributed by atoms with Gasteiger partial charge in [0.15, 0.2) is 11.6 Å². The number of benzene rings is 3. The number of halogens is 2. The van der Waals surface area contributed by atoms with E-state index in [4.69, 9.17) is 0 Å². The van der Waals surface area contributed by atoms with Crippen LogP contribution in [-0.2, 0) is 5.41 Å². The fourth-order valence-electron chi connectivity index (χ4n) is 4.32. The van der Waals surface area contributed by atoms with E-state index in [-0.39, 0.29) is 17.0 Å². The Morgan fingerprint density at radius 1 is 0.593 bits per heavy atom. The van der Waals surface area contributed by atoms with E-state index >= 15 is 0 Å². The molecule has 2 aliphatic rings. The first kappa shape index (κ1) is 17.1. The first-order chi connectivity index (χ1) is 12.8. The molecule has 2 aliphatic carbocycles. The van der Waals surface area contributed by atoms with Crippen molar-refractivity contribution in [2.24, 2.45) is 0 Å². The van der Waals surface area contributed by atoms with Crippen molar-refractivity contribution >= 4 is 43.4 Å². The standard InChI is InChI=1S/C23H14Br2O2/c1-23(2)19-8-12(25)3-5-13(19)15-9-17-18(10-20(15)23)21(26)14-6-4-11(24)7-16(14)22(17)27/h3-10H,1-2H3. The molecule has 0 spiro atoms. The highest BCUT2D eigenvalue weighted by molar-refractivity contribution is 9.10. The van der Waals surface area contributed by atoms with E-state index in [9.17, 15) is 9.59 Å². The monoisotopic (exact) mass is 480 g/mol. The second-order valence-electron chi connectivity index (χ2n) is 7.61. The van der Waals surface area contributed by atoms with Gasteiger partial charge in [-0.3, -0.25) is 9.59 Å². The van der Waals surface area contributed by atoms with Crippen LogP contribution in [0.2, 0.25) is 0 Å². The van der Waals surface area contributed by atoms with Crippen LogP contribution >= 0.6 is 31.9 Å². The topological polar surface area (TPSA) is 34.1 Å². The summed E-state index contributed by atoms with van der Waals surface area (Å²) in [4.78, 5) is 26.3. The highest BCUT2D eigenvalue weighted by atomic mass is 79.9. The van der Waals surface area contributed by atoms with Crippen molar-refractivity contribution in [1.29, 1.82) is 0 Å². The summed E-state index contributed by atoms with van der Waals surface area (Å²) in [7, 11) is 0. The van der Waals surface area contributed by atoms with Gasteiger partial charge in [-0.1, -0.05) is 51.8 Å². The van der Waals surface area contributed by atoms with Crippen molar-refractivity contribution in [1.82, 2.24) is 0 Å². The number of hydrogen-bond donors (Lipinski definition) is 0. The van der Waals surface area contributed by atoms with Crippen molar-refractivity contribution in [3.05, 3.63) is 90.9 Å². The average Bonchev–Trinajstić information content (AvgIpc) is 2.85. The second kappa shape index (κ2) is 5.49. The Morgan fingerprint density at radius 2 is 1.11 bits per heavy atom. The summed E-state index contributed by atoms with van der Waals surface area (Å²) in [6, 6.07) is 15.3. The second-order valence-corrected chi connectivity index (χ2v) is 9.44. The number of rotatable bonds is 0. The lowest BCUT2D eigenvalue weighted by Gasteiger charge is -2.24. The van der Waals surface area contributed by atoms with E-state index in [0.29, 0.717) is 22.3 Å². The van der Waals surface area contributed by atoms with E-state index in [1.807, 2.05) is 18.2 Å². The zero-order valence-corrected chi connectivity index (χ0v) is 17.9. The smallest absolute Gasteiger partial charge is 0.194 e. The summed E-state index contributed by atoms with van der Waals surface area (Å²) in [5.41, 5.74) is 6.19. The van der Waals surface area contributed by atoms with Gasteiger partial charge >= 0.3 is 0 Å². The largest absolute Gasteiger partial charge is 0.289 e. The van der Waals surface area contributed by atoms with E-state index in [0.717, 1.165) is 25.6 Å². The highest BCUT2D eigenvalue weighted by Crippen LogP contribution is 2.50. The maximum Gasteiger partial charge on any atom is 0.194 e. The lowest BCUT2D eigenvalue weighted by Crippen LogP contribution is -2.23.